The molecule has 34 heavy (non-hydrogen) atoms. The van der Waals surface area contributed by atoms with Crippen LogP contribution in [0.1, 0.15) is 28.8 Å². The summed E-state index contributed by atoms with van der Waals surface area (Å²) in [7, 11) is 3.23. The first-order valence-corrected chi connectivity index (χ1v) is 11.3. The number of hydrogen-bond acceptors (Lipinski definition) is 5. The number of carbonyl (C=O) groups is 2. The van der Waals surface area contributed by atoms with Gasteiger partial charge >= 0.3 is 0 Å². The molecular formula is C27H29N3O4. The normalized spacial score (nSPS) is 12.5. The van der Waals surface area contributed by atoms with Crippen LogP contribution in [0.5, 0.6) is 11.5 Å². The molecule has 0 saturated carbocycles. The molecule has 0 aromatic heterocycles. The van der Waals surface area contributed by atoms with E-state index >= 15 is 0 Å². The molecule has 0 aliphatic carbocycles. The summed E-state index contributed by atoms with van der Waals surface area (Å²) in [6.45, 7) is 1.51. The standard InChI is InChI=1S/C27H29N3O4/c1-33-23-10-4-3-9-22(23)29-27(32)20-12-14-21(15-13-20)28-25(31)16-18-30-17-6-8-19-7-5-11-24(34-2)26(19)30/h3-5,7,9-15H,6,8,16-18H2,1-2H3,(H,28,31)(H,29,32). The smallest absolute Gasteiger partial charge is 0.255 e. The number of benzene rings is 3. The Balaban J connectivity index is 1.33. The Hall–Kier alpha value is -4.00. The number of carbonyl (C=O) groups excluding carboxylic acids is 2. The summed E-state index contributed by atoms with van der Waals surface area (Å²) < 4.78 is 10.8. The second-order valence-corrected chi connectivity index (χ2v) is 8.09. The molecular weight excluding hydrogens is 430 g/mol. The van der Waals surface area contributed by atoms with Gasteiger partial charge in [0, 0.05) is 30.8 Å². The van der Waals surface area contributed by atoms with Gasteiger partial charge in [0.25, 0.3) is 5.91 Å². The second kappa shape index (κ2) is 10.7. The van der Waals surface area contributed by atoms with Crippen molar-refractivity contribution in [3.8, 4) is 11.5 Å². The molecule has 2 N–H and O–H groups in total. The first-order chi connectivity index (χ1) is 16.6. The molecule has 0 bridgehead atoms. The number of para-hydroxylation sites is 3. The monoisotopic (exact) mass is 459 g/mol. The van der Waals surface area contributed by atoms with E-state index in [1.54, 1.807) is 50.6 Å². The number of amides is 2. The highest BCUT2D eigenvalue weighted by Crippen LogP contribution is 2.36. The quantitative estimate of drug-likeness (QED) is 0.509. The van der Waals surface area contributed by atoms with Crippen molar-refractivity contribution in [1.29, 1.82) is 0 Å². The zero-order valence-electron chi connectivity index (χ0n) is 19.5. The largest absolute Gasteiger partial charge is 0.495 e. The Morgan fingerprint density at radius 1 is 0.882 bits per heavy atom. The molecule has 4 rings (SSSR count). The van der Waals surface area contributed by atoms with Crippen molar-refractivity contribution in [2.24, 2.45) is 0 Å². The van der Waals surface area contributed by atoms with Gasteiger partial charge in [0.1, 0.15) is 11.5 Å². The molecule has 1 aliphatic rings. The summed E-state index contributed by atoms with van der Waals surface area (Å²) in [5, 5.41) is 5.76. The minimum absolute atomic E-state index is 0.0757. The molecule has 7 heteroatoms. The van der Waals surface area contributed by atoms with Gasteiger partial charge in [0.15, 0.2) is 0 Å². The average Bonchev–Trinajstić information content (AvgIpc) is 2.87. The predicted octanol–water partition coefficient (Wildman–Crippen LogP) is 4.74. The van der Waals surface area contributed by atoms with Crippen molar-refractivity contribution in [3.05, 3.63) is 77.9 Å². The van der Waals surface area contributed by atoms with Gasteiger partial charge in [-0.1, -0.05) is 24.3 Å². The fourth-order valence-corrected chi connectivity index (χ4v) is 4.20. The lowest BCUT2D eigenvalue weighted by Crippen LogP contribution is -2.32. The third-order valence-corrected chi connectivity index (χ3v) is 5.89. The predicted molar refractivity (Wildman–Crippen MR) is 134 cm³/mol. The van der Waals surface area contributed by atoms with Crippen molar-refractivity contribution >= 4 is 28.9 Å². The average molecular weight is 460 g/mol. The number of ether oxygens (including phenoxy) is 2. The molecule has 3 aromatic carbocycles. The molecule has 0 unspecified atom stereocenters. The van der Waals surface area contributed by atoms with Gasteiger partial charge in [-0.05, 0) is 60.9 Å². The lowest BCUT2D eigenvalue weighted by Gasteiger charge is -2.32. The number of nitrogens with zero attached hydrogens (tertiary/aromatic N) is 1. The molecule has 0 radical (unpaired) electrons. The van der Waals surface area contributed by atoms with Crippen molar-refractivity contribution in [1.82, 2.24) is 0 Å². The highest BCUT2D eigenvalue weighted by Gasteiger charge is 2.21. The van der Waals surface area contributed by atoms with Crippen molar-refractivity contribution in [3.63, 3.8) is 0 Å². The van der Waals surface area contributed by atoms with Crippen LogP contribution in [0.25, 0.3) is 0 Å². The SMILES string of the molecule is COc1ccccc1NC(=O)c1ccc(NC(=O)CCN2CCCc3cccc(OC)c32)cc1. The molecule has 0 saturated heterocycles. The molecule has 0 atom stereocenters. The Kier molecular flexibility index (Phi) is 7.32. The Morgan fingerprint density at radius 3 is 2.38 bits per heavy atom. The summed E-state index contributed by atoms with van der Waals surface area (Å²) in [5.74, 6) is 1.11. The lowest BCUT2D eigenvalue weighted by atomic mass is 10.0. The van der Waals surface area contributed by atoms with Crippen LogP contribution in [0.4, 0.5) is 17.1 Å². The topological polar surface area (TPSA) is 79.9 Å². The van der Waals surface area contributed by atoms with Crippen LogP contribution in [0.3, 0.4) is 0 Å². The van der Waals surface area contributed by atoms with Crippen LogP contribution in [-0.2, 0) is 11.2 Å². The van der Waals surface area contributed by atoms with E-state index in [9.17, 15) is 9.59 Å². The van der Waals surface area contributed by atoms with Crippen LogP contribution < -0.4 is 25.0 Å². The van der Waals surface area contributed by atoms with E-state index in [1.807, 2.05) is 24.3 Å². The van der Waals surface area contributed by atoms with Crippen molar-refractivity contribution in [2.45, 2.75) is 19.3 Å². The van der Waals surface area contributed by atoms with E-state index in [0.717, 1.165) is 30.8 Å². The third kappa shape index (κ3) is 5.31. The minimum atomic E-state index is -0.250. The fourth-order valence-electron chi connectivity index (χ4n) is 4.20. The summed E-state index contributed by atoms with van der Waals surface area (Å²) in [4.78, 5) is 27.4. The van der Waals surface area contributed by atoms with Gasteiger partial charge < -0.3 is 25.0 Å². The van der Waals surface area contributed by atoms with E-state index in [1.165, 1.54) is 5.56 Å². The molecule has 2 amide bonds. The van der Waals surface area contributed by atoms with Crippen molar-refractivity contribution in [2.75, 3.05) is 42.8 Å². The van der Waals surface area contributed by atoms with Gasteiger partial charge in [-0.15, -0.1) is 0 Å². The summed E-state index contributed by atoms with van der Waals surface area (Å²) in [6, 6.07) is 20.2. The molecule has 176 valence electrons. The maximum atomic E-state index is 12.6. The summed E-state index contributed by atoms with van der Waals surface area (Å²) in [6.07, 6.45) is 2.43. The highest BCUT2D eigenvalue weighted by molar-refractivity contribution is 6.05. The summed E-state index contributed by atoms with van der Waals surface area (Å²) >= 11 is 0. The number of hydrogen-bond donors (Lipinski definition) is 2. The van der Waals surface area contributed by atoms with E-state index in [-0.39, 0.29) is 11.8 Å². The van der Waals surface area contributed by atoms with Gasteiger partial charge in [0.05, 0.1) is 25.6 Å². The number of methoxy groups -OCH3 is 2. The van der Waals surface area contributed by atoms with Crippen LogP contribution in [0.2, 0.25) is 0 Å². The van der Waals surface area contributed by atoms with E-state index < -0.39 is 0 Å². The maximum Gasteiger partial charge on any atom is 0.255 e. The van der Waals surface area contributed by atoms with E-state index in [4.69, 9.17) is 9.47 Å². The zero-order chi connectivity index (χ0) is 23.9. The fraction of sp³-hybridized carbons (Fsp3) is 0.259. The van der Waals surface area contributed by atoms with E-state index in [0.29, 0.717) is 35.7 Å². The van der Waals surface area contributed by atoms with Gasteiger partial charge in [-0.3, -0.25) is 9.59 Å². The van der Waals surface area contributed by atoms with Crippen LogP contribution >= 0.6 is 0 Å². The molecule has 1 heterocycles. The van der Waals surface area contributed by atoms with Gasteiger partial charge in [-0.2, -0.15) is 0 Å². The first kappa shape index (κ1) is 23.2. The van der Waals surface area contributed by atoms with Gasteiger partial charge in [0.2, 0.25) is 5.91 Å². The third-order valence-electron chi connectivity index (χ3n) is 5.89. The zero-order valence-corrected chi connectivity index (χ0v) is 19.5. The lowest BCUT2D eigenvalue weighted by molar-refractivity contribution is -0.116. The van der Waals surface area contributed by atoms with Crippen LogP contribution in [-0.4, -0.2) is 39.1 Å². The number of nitrogens with one attached hydrogen (secondary N) is 2. The molecule has 0 fully saturated rings. The molecule has 0 spiro atoms. The van der Waals surface area contributed by atoms with E-state index in [2.05, 4.69) is 21.6 Å². The number of anilines is 3. The molecule has 3 aromatic rings. The van der Waals surface area contributed by atoms with Crippen molar-refractivity contribution < 1.29 is 19.1 Å². The number of fused-ring (bicyclic) bond motifs is 1. The Labute approximate surface area is 199 Å². The maximum absolute atomic E-state index is 12.6. The summed E-state index contributed by atoms with van der Waals surface area (Å²) in [5.41, 5.74) is 4.09. The molecule has 7 nitrogen and oxygen atoms in total. The number of aryl methyl sites for hydroxylation is 1. The molecule has 1 aliphatic heterocycles. The first-order valence-electron chi connectivity index (χ1n) is 11.3. The second-order valence-electron chi connectivity index (χ2n) is 8.09. The highest BCUT2D eigenvalue weighted by atomic mass is 16.5. The minimum Gasteiger partial charge on any atom is -0.495 e. The Morgan fingerprint density at radius 2 is 1.62 bits per heavy atom. The van der Waals surface area contributed by atoms with Gasteiger partial charge in [-0.25, -0.2) is 0 Å². The Bertz CT molecular complexity index is 1150. The van der Waals surface area contributed by atoms with Crippen LogP contribution in [0.15, 0.2) is 66.7 Å². The number of rotatable bonds is 8. The van der Waals surface area contributed by atoms with Crippen LogP contribution in [0, 0.1) is 0 Å².